The molecule has 1 unspecified atom stereocenters. The third kappa shape index (κ3) is 3.33. The van der Waals surface area contributed by atoms with Crippen molar-refractivity contribution in [3.8, 4) is 0 Å². The number of amides is 1. The Morgan fingerprint density at radius 3 is 2.36 bits per heavy atom. The zero-order valence-corrected chi connectivity index (χ0v) is 14.0. The molecule has 1 aliphatic rings. The van der Waals surface area contributed by atoms with Crippen LogP contribution in [0.4, 0.5) is 0 Å². The lowest BCUT2D eigenvalue weighted by atomic mass is 10.1. The topological polar surface area (TPSA) is 83.5 Å². The molecule has 6 heteroatoms. The first-order valence-corrected chi connectivity index (χ1v) is 8.97. The van der Waals surface area contributed by atoms with Crippen LogP contribution in [0.15, 0.2) is 24.3 Å². The summed E-state index contributed by atoms with van der Waals surface area (Å²) in [5.41, 5.74) is 1.77. The maximum atomic E-state index is 12.3. The number of hydrogen-bond donors (Lipinski definition) is 2. The third-order valence-corrected chi connectivity index (χ3v) is 7.10. The highest BCUT2D eigenvalue weighted by Crippen LogP contribution is 2.36. The van der Waals surface area contributed by atoms with Gasteiger partial charge in [0.15, 0.2) is 9.84 Å². The average Bonchev–Trinajstić information content (AvgIpc) is 3.29. The lowest BCUT2D eigenvalue weighted by Crippen LogP contribution is -2.50. The van der Waals surface area contributed by atoms with Gasteiger partial charge >= 0.3 is 0 Å². The summed E-state index contributed by atoms with van der Waals surface area (Å²) in [7, 11) is -3.48. The van der Waals surface area contributed by atoms with Crippen molar-refractivity contribution in [1.82, 2.24) is 5.32 Å². The Bertz CT molecular complexity index is 645. The van der Waals surface area contributed by atoms with E-state index in [1.165, 1.54) is 13.8 Å². The van der Waals surface area contributed by atoms with Crippen molar-refractivity contribution in [3.05, 3.63) is 35.4 Å². The van der Waals surface area contributed by atoms with E-state index < -0.39 is 31.8 Å². The van der Waals surface area contributed by atoms with Gasteiger partial charge in [-0.25, -0.2) is 8.42 Å². The molecule has 1 amide bonds. The lowest BCUT2D eigenvalue weighted by molar-refractivity contribution is -0.123. The van der Waals surface area contributed by atoms with Gasteiger partial charge in [0.25, 0.3) is 0 Å². The maximum Gasteiger partial charge on any atom is 0.240 e. The summed E-state index contributed by atoms with van der Waals surface area (Å²) in [6.07, 6.45) is 0.403. The lowest BCUT2D eigenvalue weighted by Gasteiger charge is -2.24. The Hall–Kier alpha value is -1.40. The normalized spacial score (nSPS) is 17.1. The number of benzene rings is 1. The highest BCUT2D eigenvalue weighted by atomic mass is 32.2. The first-order valence-electron chi connectivity index (χ1n) is 7.42. The van der Waals surface area contributed by atoms with Crippen LogP contribution in [0.5, 0.6) is 0 Å². The van der Waals surface area contributed by atoms with Crippen molar-refractivity contribution in [2.75, 3.05) is 6.54 Å². The molecule has 1 aromatic carbocycles. The molecule has 1 fully saturated rings. The van der Waals surface area contributed by atoms with Crippen LogP contribution in [-0.4, -0.2) is 36.0 Å². The fraction of sp³-hybridized carbons (Fsp3) is 0.562. The van der Waals surface area contributed by atoms with E-state index in [4.69, 9.17) is 0 Å². The molecule has 0 aromatic heterocycles. The molecule has 0 heterocycles. The third-order valence-electron chi connectivity index (χ3n) is 4.14. The molecule has 0 radical (unpaired) electrons. The smallest absolute Gasteiger partial charge is 0.240 e. The Balaban J connectivity index is 1.98. The van der Waals surface area contributed by atoms with Crippen molar-refractivity contribution < 1.29 is 18.3 Å². The molecule has 22 heavy (non-hydrogen) atoms. The second-order valence-electron chi connectivity index (χ2n) is 6.39. The van der Waals surface area contributed by atoms with Crippen molar-refractivity contribution >= 4 is 15.7 Å². The monoisotopic (exact) mass is 325 g/mol. The minimum atomic E-state index is -3.48. The fourth-order valence-corrected chi connectivity index (χ4v) is 4.15. The van der Waals surface area contributed by atoms with Crippen molar-refractivity contribution in [2.24, 2.45) is 0 Å². The molecule has 1 saturated carbocycles. The number of aliphatic hydroxyl groups excluding tert-OH is 1. The van der Waals surface area contributed by atoms with Crippen LogP contribution >= 0.6 is 0 Å². The zero-order valence-electron chi connectivity index (χ0n) is 13.2. The van der Waals surface area contributed by atoms with Gasteiger partial charge in [-0.15, -0.1) is 0 Å². The van der Waals surface area contributed by atoms with Gasteiger partial charge in [0.1, 0.15) is 4.75 Å². The SMILES string of the molecule is Cc1ccc(C(O)CNC(=O)C(C)(C)S(=O)(=O)C2CC2)cc1. The van der Waals surface area contributed by atoms with E-state index in [0.717, 1.165) is 5.56 Å². The predicted molar refractivity (Wildman–Crippen MR) is 85.2 cm³/mol. The van der Waals surface area contributed by atoms with E-state index >= 15 is 0 Å². The molecule has 2 N–H and O–H groups in total. The van der Waals surface area contributed by atoms with Crippen LogP contribution in [0.1, 0.15) is 43.9 Å². The molecule has 0 aliphatic heterocycles. The molecule has 1 aliphatic carbocycles. The van der Waals surface area contributed by atoms with Gasteiger partial charge in [-0.3, -0.25) is 4.79 Å². The number of rotatable bonds is 6. The van der Waals surface area contributed by atoms with Crippen LogP contribution in [0.3, 0.4) is 0 Å². The van der Waals surface area contributed by atoms with Crippen molar-refractivity contribution in [2.45, 2.75) is 49.7 Å². The van der Waals surface area contributed by atoms with Crippen LogP contribution < -0.4 is 5.32 Å². The predicted octanol–water partition coefficient (Wildman–Crippen LogP) is 1.50. The van der Waals surface area contributed by atoms with Crippen molar-refractivity contribution in [1.29, 1.82) is 0 Å². The average molecular weight is 325 g/mol. The van der Waals surface area contributed by atoms with Gasteiger partial charge in [0, 0.05) is 6.54 Å². The van der Waals surface area contributed by atoms with Gasteiger partial charge in [-0.1, -0.05) is 29.8 Å². The quantitative estimate of drug-likeness (QED) is 0.830. The number of aryl methyl sites for hydroxylation is 1. The summed E-state index contributed by atoms with van der Waals surface area (Å²) in [5, 5.41) is 12.2. The Morgan fingerprint density at radius 1 is 1.32 bits per heavy atom. The van der Waals surface area contributed by atoms with Gasteiger partial charge in [0.2, 0.25) is 5.91 Å². The Kier molecular flexibility index (Phi) is 4.63. The summed E-state index contributed by atoms with van der Waals surface area (Å²) in [6, 6.07) is 7.33. The summed E-state index contributed by atoms with van der Waals surface area (Å²) in [4.78, 5) is 12.2. The van der Waals surface area contributed by atoms with Gasteiger partial charge in [-0.05, 0) is 39.2 Å². The molecule has 0 bridgehead atoms. The minimum Gasteiger partial charge on any atom is -0.387 e. The molecule has 122 valence electrons. The number of nitrogens with one attached hydrogen (secondary N) is 1. The van der Waals surface area contributed by atoms with Crippen LogP contribution in [0, 0.1) is 6.92 Å². The molecule has 5 nitrogen and oxygen atoms in total. The molecular formula is C16H23NO4S. The first-order chi connectivity index (χ1) is 10.2. The van der Waals surface area contributed by atoms with Gasteiger partial charge in [-0.2, -0.15) is 0 Å². The highest BCUT2D eigenvalue weighted by molar-refractivity contribution is 7.94. The van der Waals surface area contributed by atoms with Crippen molar-refractivity contribution in [3.63, 3.8) is 0 Å². The molecule has 0 spiro atoms. The second kappa shape index (κ2) is 6.01. The van der Waals surface area contributed by atoms with E-state index in [9.17, 15) is 18.3 Å². The number of carbonyl (C=O) groups is 1. The Morgan fingerprint density at radius 2 is 1.86 bits per heavy atom. The molecular weight excluding hydrogens is 302 g/mol. The molecule has 1 aromatic rings. The summed E-state index contributed by atoms with van der Waals surface area (Å²) >= 11 is 0. The second-order valence-corrected chi connectivity index (χ2v) is 9.17. The number of sulfone groups is 1. The molecule has 2 rings (SSSR count). The summed E-state index contributed by atoms with van der Waals surface area (Å²) in [5.74, 6) is -0.564. The first kappa shape index (κ1) is 17.0. The zero-order chi connectivity index (χ0) is 16.5. The van der Waals surface area contributed by atoms with E-state index in [2.05, 4.69) is 5.32 Å². The standard InChI is InChI=1S/C16H23NO4S/c1-11-4-6-12(7-5-11)14(18)10-17-15(19)16(2,3)22(20,21)13-8-9-13/h4-7,13-14,18H,8-10H2,1-3H3,(H,17,19). The Labute approximate surface area is 131 Å². The van der Waals surface area contributed by atoms with Gasteiger partial charge in [0.05, 0.1) is 11.4 Å². The van der Waals surface area contributed by atoms with E-state index in [0.29, 0.717) is 18.4 Å². The van der Waals surface area contributed by atoms with E-state index in [1.807, 2.05) is 19.1 Å². The van der Waals surface area contributed by atoms with Gasteiger partial charge < -0.3 is 10.4 Å². The van der Waals surface area contributed by atoms with Crippen LogP contribution in [0.2, 0.25) is 0 Å². The summed E-state index contributed by atoms with van der Waals surface area (Å²) in [6.45, 7) is 4.79. The minimum absolute atomic E-state index is 0.00842. The van der Waals surface area contributed by atoms with Crippen LogP contribution in [-0.2, 0) is 14.6 Å². The fourth-order valence-electron chi connectivity index (χ4n) is 2.23. The van der Waals surface area contributed by atoms with Crippen LogP contribution in [0.25, 0.3) is 0 Å². The molecule has 0 saturated heterocycles. The largest absolute Gasteiger partial charge is 0.387 e. The number of aliphatic hydroxyl groups is 1. The van der Waals surface area contributed by atoms with E-state index in [-0.39, 0.29) is 6.54 Å². The highest BCUT2D eigenvalue weighted by Gasteiger charge is 2.50. The maximum absolute atomic E-state index is 12.3. The van der Waals surface area contributed by atoms with E-state index in [1.54, 1.807) is 12.1 Å². The summed E-state index contributed by atoms with van der Waals surface area (Å²) < 4.78 is 23.1. The number of hydrogen-bond acceptors (Lipinski definition) is 4. The number of carbonyl (C=O) groups excluding carboxylic acids is 1. The molecule has 1 atom stereocenters.